The van der Waals surface area contributed by atoms with Gasteiger partial charge in [0, 0.05) is 17.1 Å². The molecule has 0 amide bonds. The Morgan fingerprint density at radius 3 is 2.88 bits per heavy atom. The smallest absolute Gasteiger partial charge is 0.171 e. The third-order valence-electron chi connectivity index (χ3n) is 2.42. The predicted molar refractivity (Wildman–Crippen MR) is 66.3 cm³/mol. The van der Waals surface area contributed by atoms with E-state index in [4.69, 9.17) is 0 Å². The molecule has 5 heteroatoms. The summed E-state index contributed by atoms with van der Waals surface area (Å²) in [5, 5.41) is 10.7. The van der Waals surface area contributed by atoms with Crippen LogP contribution in [0.3, 0.4) is 0 Å². The zero-order chi connectivity index (χ0) is 12.3. The van der Waals surface area contributed by atoms with E-state index in [1.165, 1.54) is 11.3 Å². The summed E-state index contributed by atoms with van der Waals surface area (Å²) in [6.45, 7) is 3.81. The molecular formula is C12H13N3OS. The summed E-state index contributed by atoms with van der Waals surface area (Å²) in [6, 6.07) is 1.81. The average molecular weight is 247 g/mol. The Balaban J connectivity index is 2.26. The fraction of sp³-hybridized carbons (Fsp3) is 0.333. The number of carbonyl (C=O) groups is 1. The Morgan fingerprint density at radius 2 is 2.24 bits per heavy atom. The number of aromatic nitrogens is 3. The first kappa shape index (κ1) is 11.9. The largest absolute Gasteiger partial charge is 0.294 e. The van der Waals surface area contributed by atoms with E-state index in [9.17, 15) is 4.79 Å². The molecule has 0 saturated carbocycles. The third kappa shape index (κ3) is 2.74. The van der Waals surface area contributed by atoms with Crippen molar-refractivity contribution in [2.75, 3.05) is 0 Å². The number of hydrogen-bond acceptors (Lipinski definition) is 5. The summed E-state index contributed by atoms with van der Waals surface area (Å²) >= 11 is 1.50. The maximum atomic E-state index is 12.1. The number of Topliss-reactive ketones (excluding diaryl/α,β-unsaturated/α-hetero) is 1. The fourth-order valence-corrected chi connectivity index (χ4v) is 2.20. The van der Waals surface area contributed by atoms with Gasteiger partial charge in [-0.2, -0.15) is 10.2 Å². The molecular weight excluding hydrogens is 234 g/mol. The number of carbonyl (C=O) groups excluding carboxylic acids is 1. The maximum Gasteiger partial charge on any atom is 0.171 e. The van der Waals surface area contributed by atoms with Crippen molar-refractivity contribution in [1.82, 2.24) is 15.2 Å². The molecule has 0 bridgehead atoms. The minimum Gasteiger partial charge on any atom is -0.294 e. The van der Waals surface area contributed by atoms with Gasteiger partial charge in [-0.05, 0) is 19.4 Å². The van der Waals surface area contributed by atoms with Crippen LogP contribution in [0.1, 0.15) is 33.7 Å². The normalized spacial score (nSPS) is 10.5. The summed E-state index contributed by atoms with van der Waals surface area (Å²) in [7, 11) is 0. The van der Waals surface area contributed by atoms with Crippen LogP contribution in [0.25, 0.3) is 0 Å². The van der Waals surface area contributed by atoms with Crippen LogP contribution in [-0.2, 0) is 12.8 Å². The van der Waals surface area contributed by atoms with E-state index in [1.54, 1.807) is 6.20 Å². The SMILES string of the molecule is CCc1nnc(C)cc1C(=O)Cc1nccs1. The van der Waals surface area contributed by atoms with E-state index in [0.29, 0.717) is 18.4 Å². The minimum absolute atomic E-state index is 0.0646. The maximum absolute atomic E-state index is 12.1. The molecule has 2 aromatic rings. The van der Waals surface area contributed by atoms with Crippen molar-refractivity contribution in [2.45, 2.75) is 26.7 Å². The Hall–Kier alpha value is -1.62. The highest BCUT2D eigenvalue weighted by Crippen LogP contribution is 2.13. The summed E-state index contributed by atoms with van der Waals surface area (Å²) in [4.78, 5) is 16.3. The lowest BCUT2D eigenvalue weighted by atomic mass is 10.1. The summed E-state index contributed by atoms with van der Waals surface area (Å²) < 4.78 is 0. The summed E-state index contributed by atoms with van der Waals surface area (Å²) in [5.41, 5.74) is 2.21. The lowest BCUT2D eigenvalue weighted by molar-refractivity contribution is 0.0991. The van der Waals surface area contributed by atoms with Crippen molar-refractivity contribution < 1.29 is 4.79 Å². The van der Waals surface area contributed by atoms with Gasteiger partial charge in [0.15, 0.2) is 5.78 Å². The van der Waals surface area contributed by atoms with Crippen molar-refractivity contribution in [2.24, 2.45) is 0 Å². The predicted octanol–water partition coefficient (Wildman–Crippen LogP) is 2.23. The van der Waals surface area contributed by atoms with Crippen molar-refractivity contribution in [1.29, 1.82) is 0 Å². The average Bonchev–Trinajstić information content (AvgIpc) is 2.81. The first-order chi connectivity index (χ1) is 8.20. The molecule has 2 aromatic heterocycles. The first-order valence-electron chi connectivity index (χ1n) is 5.45. The molecule has 88 valence electrons. The van der Waals surface area contributed by atoms with E-state index >= 15 is 0 Å². The standard InChI is InChI=1S/C12H13N3OS/c1-3-10-9(6-8(2)14-15-10)11(16)7-12-13-4-5-17-12/h4-6H,3,7H2,1-2H3. The highest BCUT2D eigenvalue weighted by molar-refractivity contribution is 7.09. The van der Waals surface area contributed by atoms with Crippen molar-refractivity contribution in [3.05, 3.63) is 39.6 Å². The van der Waals surface area contributed by atoms with Crippen LogP contribution in [0.2, 0.25) is 0 Å². The number of ketones is 1. The van der Waals surface area contributed by atoms with Gasteiger partial charge in [-0.15, -0.1) is 11.3 Å². The van der Waals surface area contributed by atoms with Gasteiger partial charge < -0.3 is 0 Å². The van der Waals surface area contributed by atoms with Gasteiger partial charge in [0.05, 0.1) is 17.8 Å². The summed E-state index contributed by atoms with van der Waals surface area (Å²) in [5.74, 6) is 0.0646. The molecule has 0 fully saturated rings. The number of hydrogen-bond donors (Lipinski definition) is 0. The third-order valence-corrected chi connectivity index (χ3v) is 3.20. The molecule has 0 radical (unpaired) electrons. The number of nitrogens with zero attached hydrogens (tertiary/aromatic N) is 3. The molecule has 0 unspecified atom stereocenters. The van der Waals surface area contributed by atoms with Gasteiger partial charge in [-0.3, -0.25) is 4.79 Å². The molecule has 0 aliphatic carbocycles. The molecule has 4 nitrogen and oxygen atoms in total. The van der Waals surface area contributed by atoms with E-state index in [-0.39, 0.29) is 5.78 Å². The van der Waals surface area contributed by atoms with Crippen LogP contribution >= 0.6 is 11.3 Å². The number of rotatable bonds is 4. The van der Waals surface area contributed by atoms with E-state index < -0.39 is 0 Å². The lowest BCUT2D eigenvalue weighted by Crippen LogP contribution is -2.10. The molecule has 0 aromatic carbocycles. The zero-order valence-electron chi connectivity index (χ0n) is 9.80. The second-order valence-corrected chi connectivity index (χ2v) is 4.70. The van der Waals surface area contributed by atoms with Crippen LogP contribution < -0.4 is 0 Å². The molecule has 2 heterocycles. The monoisotopic (exact) mass is 247 g/mol. The van der Waals surface area contributed by atoms with Gasteiger partial charge in [-0.25, -0.2) is 4.98 Å². The van der Waals surface area contributed by atoms with Crippen molar-refractivity contribution >= 4 is 17.1 Å². The number of aryl methyl sites for hydroxylation is 2. The first-order valence-corrected chi connectivity index (χ1v) is 6.33. The van der Waals surface area contributed by atoms with Crippen molar-refractivity contribution in [3.8, 4) is 0 Å². The van der Waals surface area contributed by atoms with E-state index in [2.05, 4.69) is 15.2 Å². The molecule has 0 spiro atoms. The highest BCUT2D eigenvalue weighted by Gasteiger charge is 2.14. The molecule has 0 aliphatic rings. The van der Waals surface area contributed by atoms with Gasteiger partial charge >= 0.3 is 0 Å². The molecule has 0 N–H and O–H groups in total. The molecule has 2 rings (SSSR count). The second-order valence-electron chi connectivity index (χ2n) is 3.73. The fourth-order valence-electron chi connectivity index (χ4n) is 1.59. The Kier molecular flexibility index (Phi) is 3.58. The minimum atomic E-state index is 0.0646. The van der Waals surface area contributed by atoms with Gasteiger partial charge in [0.1, 0.15) is 5.01 Å². The topological polar surface area (TPSA) is 55.7 Å². The van der Waals surface area contributed by atoms with E-state index in [0.717, 1.165) is 16.4 Å². The van der Waals surface area contributed by atoms with Gasteiger partial charge in [0.2, 0.25) is 0 Å². The lowest BCUT2D eigenvalue weighted by Gasteiger charge is -2.05. The molecule has 17 heavy (non-hydrogen) atoms. The molecule has 0 atom stereocenters. The Morgan fingerprint density at radius 1 is 1.41 bits per heavy atom. The van der Waals surface area contributed by atoms with Crippen LogP contribution in [-0.4, -0.2) is 21.0 Å². The van der Waals surface area contributed by atoms with Crippen LogP contribution in [0, 0.1) is 6.92 Å². The Bertz CT molecular complexity index is 523. The molecule has 0 saturated heterocycles. The van der Waals surface area contributed by atoms with E-state index in [1.807, 2.05) is 25.3 Å². The van der Waals surface area contributed by atoms with Crippen LogP contribution in [0.15, 0.2) is 17.6 Å². The molecule has 0 aliphatic heterocycles. The van der Waals surface area contributed by atoms with Gasteiger partial charge in [0.25, 0.3) is 0 Å². The summed E-state index contributed by atoms with van der Waals surface area (Å²) in [6.07, 6.45) is 2.77. The number of thiazole rings is 1. The Labute approximate surface area is 104 Å². The van der Waals surface area contributed by atoms with Crippen molar-refractivity contribution in [3.63, 3.8) is 0 Å². The second kappa shape index (κ2) is 5.14. The van der Waals surface area contributed by atoms with Gasteiger partial charge in [-0.1, -0.05) is 6.92 Å². The van der Waals surface area contributed by atoms with Crippen LogP contribution in [0.4, 0.5) is 0 Å². The van der Waals surface area contributed by atoms with Crippen LogP contribution in [0.5, 0.6) is 0 Å². The highest BCUT2D eigenvalue weighted by atomic mass is 32.1. The quantitative estimate of drug-likeness (QED) is 0.777. The zero-order valence-corrected chi connectivity index (χ0v) is 10.6.